The van der Waals surface area contributed by atoms with Crippen LogP contribution < -0.4 is 5.32 Å². The number of likely N-dealkylation sites (tertiary alicyclic amines) is 1. The fourth-order valence-corrected chi connectivity index (χ4v) is 5.05. The summed E-state index contributed by atoms with van der Waals surface area (Å²) >= 11 is 0. The molecule has 1 aliphatic carbocycles. The number of aromatic nitrogens is 2. The Morgan fingerprint density at radius 1 is 1.06 bits per heavy atom. The van der Waals surface area contributed by atoms with E-state index in [4.69, 9.17) is 0 Å². The molecule has 1 aliphatic heterocycles. The van der Waals surface area contributed by atoms with Gasteiger partial charge in [-0.15, -0.1) is 0 Å². The Bertz CT molecular complexity index is 1180. The normalized spacial score (nSPS) is 21.9. The van der Waals surface area contributed by atoms with Crippen LogP contribution in [0.5, 0.6) is 0 Å². The number of amides is 1. The van der Waals surface area contributed by atoms with E-state index >= 15 is 0 Å². The number of carbonyl (C=O) groups is 1. The molecule has 5 nitrogen and oxygen atoms in total. The number of rotatable bonds is 4. The Hall–Kier alpha value is -3.42. The molecule has 33 heavy (non-hydrogen) atoms. The lowest BCUT2D eigenvalue weighted by atomic mass is 9.98. The van der Waals surface area contributed by atoms with E-state index in [2.05, 4.69) is 15.3 Å². The number of halogens is 3. The minimum Gasteiger partial charge on any atom is -0.365 e. The number of hydrogen-bond acceptors (Lipinski definition) is 4. The molecule has 0 radical (unpaired) electrons. The third-order valence-electron chi connectivity index (χ3n) is 6.59. The highest BCUT2D eigenvalue weighted by Crippen LogP contribution is 2.41. The van der Waals surface area contributed by atoms with Gasteiger partial charge in [-0.3, -0.25) is 9.78 Å². The molecule has 1 amide bonds. The average Bonchev–Trinajstić information content (AvgIpc) is 3.39. The number of nitrogens with one attached hydrogen (secondary N) is 1. The van der Waals surface area contributed by atoms with Gasteiger partial charge in [0.1, 0.15) is 5.82 Å². The van der Waals surface area contributed by atoms with Crippen molar-refractivity contribution in [3.63, 3.8) is 0 Å². The first-order valence-corrected chi connectivity index (χ1v) is 10.9. The lowest BCUT2D eigenvalue weighted by Gasteiger charge is -2.34. The summed E-state index contributed by atoms with van der Waals surface area (Å²) < 4.78 is 38.5. The highest BCUT2D eigenvalue weighted by molar-refractivity contribution is 6.01. The second-order valence-electron chi connectivity index (χ2n) is 8.76. The first-order valence-electron chi connectivity index (χ1n) is 10.9. The van der Waals surface area contributed by atoms with Crippen LogP contribution in [-0.2, 0) is 6.18 Å². The second-order valence-corrected chi connectivity index (χ2v) is 8.76. The molecule has 2 fully saturated rings. The Morgan fingerprint density at radius 3 is 2.58 bits per heavy atom. The van der Waals surface area contributed by atoms with E-state index in [0.29, 0.717) is 23.8 Å². The quantitative estimate of drug-likeness (QED) is 0.592. The summed E-state index contributed by atoms with van der Waals surface area (Å²) in [7, 11) is 0. The van der Waals surface area contributed by atoms with Crippen molar-refractivity contribution in [2.45, 2.75) is 38.0 Å². The first-order chi connectivity index (χ1) is 15.8. The fraction of sp³-hybridized carbons (Fsp3) is 0.320. The number of nitrogens with zero attached hydrogens (tertiary/aromatic N) is 3. The molecule has 8 heteroatoms. The minimum atomic E-state index is -4.42. The van der Waals surface area contributed by atoms with Gasteiger partial charge >= 0.3 is 6.18 Å². The predicted octanol–water partition coefficient (Wildman–Crippen LogP) is 5.19. The monoisotopic (exact) mass is 452 g/mol. The molecule has 2 bridgehead atoms. The number of pyridine rings is 2. The smallest absolute Gasteiger partial charge is 0.365 e. The summed E-state index contributed by atoms with van der Waals surface area (Å²) in [5.74, 6) is 0.696. The van der Waals surface area contributed by atoms with Crippen molar-refractivity contribution >= 4 is 11.7 Å². The van der Waals surface area contributed by atoms with Gasteiger partial charge in [-0.1, -0.05) is 24.3 Å². The summed E-state index contributed by atoms with van der Waals surface area (Å²) in [6.45, 7) is 2.65. The van der Waals surface area contributed by atoms with Crippen LogP contribution in [0.15, 0.2) is 60.9 Å². The minimum absolute atomic E-state index is 0.0375. The first kappa shape index (κ1) is 21.4. The SMILES string of the molecule is Cc1cccnc1-c1ccccc1C(=O)N1CC2CC(Nc3ccc(C(F)(F)F)cn3)C1C2. The lowest BCUT2D eigenvalue weighted by molar-refractivity contribution is -0.137. The molecule has 0 spiro atoms. The highest BCUT2D eigenvalue weighted by atomic mass is 19.4. The van der Waals surface area contributed by atoms with Crippen LogP contribution in [0.25, 0.3) is 11.3 Å². The Balaban J connectivity index is 1.37. The molecule has 1 saturated carbocycles. The summed E-state index contributed by atoms with van der Waals surface area (Å²) in [6.07, 6.45) is -0.129. The second kappa shape index (κ2) is 8.17. The predicted molar refractivity (Wildman–Crippen MR) is 119 cm³/mol. The number of benzene rings is 1. The molecular formula is C25H23F3N4O. The molecule has 2 aliphatic rings. The zero-order valence-corrected chi connectivity index (χ0v) is 18.0. The van der Waals surface area contributed by atoms with Gasteiger partial charge in [0.2, 0.25) is 0 Å². The fourth-order valence-electron chi connectivity index (χ4n) is 5.05. The number of piperidine rings is 1. The van der Waals surface area contributed by atoms with Crippen molar-refractivity contribution in [2.75, 3.05) is 11.9 Å². The van der Waals surface area contributed by atoms with Crippen molar-refractivity contribution in [3.05, 3.63) is 77.6 Å². The van der Waals surface area contributed by atoms with Gasteiger partial charge in [0.25, 0.3) is 5.91 Å². The van der Waals surface area contributed by atoms with Crippen molar-refractivity contribution in [1.29, 1.82) is 0 Å². The molecule has 1 N–H and O–H groups in total. The molecular weight excluding hydrogens is 429 g/mol. The number of alkyl halides is 3. The summed E-state index contributed by atoms with van der Waals surface area (Å²) in [5, 5.41) is 3.26. The third-order valence-corrected chi connectivity index (χ3v) is 6.59. The summed E-state index contributed by atoms with van der Waals surface area (Å²) in [4.78, 5) is 24.0. The standard InChI is InChI=1S/C25H23F3N4O/c1-15-5-4-10-29-23(15)18-6-2-3-7-19(18)24(33)32-14-16-11-20(21(32)12-16)31-22-9-8-17(13-30-22)25(26,27)28/h2-10,13,16,20-21H,11-12,14H2,1H3,(H,30,31). The van der Waals surface area contributed by atoms with Crippen molar-refractivity contribution in [1.82, 2.24) is 14.9 Å². The van der Waals surface area contributed by atoms with Crippen molar-refractivity contribution in [3.8, 4) is 11.3 Å². The van der Waals surface area contributed by atoms with Crippen LogP contribution in [0.4, 0.5) is 19.0 Å². The van der Waals surface area contributed by atoms with E-state index in [1.54, 1.807) is 6.20 Å². The maximum atomic E-state index is 13.6. The van der Waals surface area contributed by atoms with Gasteiger partial charge in [0.05, 0.1) is 17.3 Å². The average molecular weight is 452 g/mol. The lowest BCUT2D eigenvalue weighted by Crippen LogP contribution is -2.47. The van der Waals surface area contributed by atoms with Gasteiger partial charge < -0.3 is 10.2 Å². The van der Waals surface area contributed by atoms with Crippen LogP contribution in [0.3, 0.4) is 0 Å². The number of fused-ring (bicyclic) bond motifs is 2. The van der Waals surface area contributed by atoms with Gasteiger partial charge in [0, 0.05) is 36.1 Å². The Kier molecular flexibility index (Phi) is 5.31. The van der Waals surface area contributed by atoms with Crippen LogP contribution >= 0.6 is 0 Å². The van der Waals surface area contributed by atoms with E-state index in [-0.39, 0.29) is 18.0 Å². The zero-order chi connectivity index (χ0) is 23.2. The van der Waals surface area contributed by atoms with E-state index < -0.39 is 11.7 Å². The van der Waals surface area contributed by atoms with Crippen molar-refractivity contribution in [2.24, 2.45) is 5.92 Å². The van der Waals surface area contributed by atoms with Crippen LogP contribution in [0.1, 0.15) is 34.3 Å². The Morgan fingerprint density at radius 2 is 1.88 bits per heavy atom. The van der Waals surface area contributed by atoms with Gasteiger partial charge in [0.15, 0.2) is 0 Å². The summed E-state index contributed by atoms with van der Waals surface area (Å²) in [5.41, 5.74) is 2.41. The van der Waals surface area contributed by atoms with Gasteiger partial charge in [-0.25, -0.2) is 4.98 Å². The zero-order valence-electron chi connectivity index (χ0n) is 18.0. The maximum Gasteiger partial charge on any atom is 0.417 e. The molecule has 1 aromatic carbocycles. The topological polar surface area (TPSA) is 58.1 Å². The molecule has 3 unspecified atom stereocenters. The van der Waals surface area contributed by atoms with Gasteiger partial charge in [-0.2, -0.15) is 13.2 Å². The molecule has 2 aromatic heterocycles. The van der Waals surface area contributed by atoms with Crippen LogP contribution in [0.2, 0.25) is 0 Å². The maximum absolute atomic E-state index is 13.6. The molecule has 170 valence electrons. The Labute approximate surface area is 189 Å². The van der Waals surface area contributed by atoms with Crippen LogP contribution in [-0.4, -0.2) is 39.4 Å². The number of hydrogen-bond donors (Lipinski definition) is 1. The highest BCUT2D eigenvalue weighted by Gasteiger charge is 2.47. The molecule has 3 aromatic rings. The molecule has 3 heterocycles. The van der Waals surface area contributed by atoms with Gasteiger partial charge in [-0.05, 0) is 55.5 Å². The molecule has 5 rings (SSSR count). The van der Waals surface area contributed by atoms with E-state index in [0.717, 1.165) is 41.9 Å². The van der Waals surface area contributed by atoms with Crippen LogP contribution in [0, 0.1) is 12.8 Å². The summed E-state index contributed by atoms with van der Waals surface area (Å²) in [6, 6.07) is 13.6. The molecule has 1 saturated heterocycles. The largest absolute Gasteiger partial charge is 0.417 e. The number of anilines is 1. The third kappa shape index (κ3) is 4.05. The number of aryl methyl sites for hydroxylation is 1. The number of carbonyl (C=O) groups excluding carboxylic acids is 1. The van der Waals surface area contributed by atoms with Crippen molar-refractivity contribution < 1.29 is 18.0 Å². The molecule has 3 atom stereocenters. The van der Waals surface area contributed by atoms with E-state index in [1.165, 1.54) is 6.07 Å². The van der Waals surface area contributed by atoms with E-state index in [1.807, 2.05) is 48.2 Å². The van der Waals surface area contributed by atoms with E-state index in [9.17, 15) is 18.0 Å².